The average Bonchev–Trinajstić information content (AvgIpc) is 2.83. The summed E-state index contributed by atoms with van der Waals surface area (Å²) >= 11 is 0. The molecule has 0 atom stereocenters. The molecule has 3 aromatic carbocycles. The van der Waals surface area contributed by atoms with Crippen LogP contribution in [0.4, 0.5) is 30.7 Å². The molecule has 4 rings (SSSR count). The molecule has 0 unspecified atom stereocenters. The van der Waals surface area contributed by atoms with Crippen LogP contribution in [0.3, 0.4) is 0 Å². The molecular formula is C29H27F7O. The summed E-state index contributed by atoms with van der Waals surface area (Å²) in [6, 6.07) is 12.0. The molecular weight excluding hydrogens is 497 g/mol. The number of benzene rings is 3. The summed E-state index contributed by atoms with van der Waals surface area (Å²) in [7, 11) is 0. The highest BCUT2D eigenvalue weighted by Gasteiger charge is 2.39. The molecule has 0 N–H and O–H groups in total. The molecule has 0 saturated heterocycles. The molecule has 1 aliphatic rings. The van der Waals surface area contributed by atoms with Crippen LogP contribution >= 0.6 is 0 Å². The van der Waals surface area contributed by atoms with Gasteiger partial charge in [0.25, 0.3) is 0 Å². The molecule has 1 nitrogen and oxygen atoms in total. The molecule has 0 amide bonds. The van der Waals surface area contributed by atoms with Gasteiger partial charge in [-0.1, -0.05) is 50.1 Å². The zero-order valence-corrected chi connectivity index (χ0v) is 20.2. The fraction of sp³-hybridized carbons (Fsp3) is 0.379. The number of hydrogen-bond donors (Lipinski definition) is 0. The van der Waals surface area contributed by atoms with Gasteiger partial charge >= 0.3 is 12.3 Å². The van der Waals surface area contributed by atoms with E-state index in [0.29, 0.717) is 18.1 Å². The van der Waals surface area contributed by atoms with E-state index in [1.54, 1.807) is 12.1 Å². The predicted molar refractivity (Wildman–Crippen MR) is 127 cm³/mol. The quantitative estimate of drug-likeness (QED) is 0.280. The molecule has 198 valence electrons. The first kappa shape index (κ1) is 27.0. The second-order valence-electron chi connectivity index (χ2n) is 9.56. The number of hydrogen-bond acceptors (Lipinski definition) is 1. The summed E-state index contributed by atoms with van der Waals surface area (Å²) in [5, 5.41) is 0. The van der Waals surface area contributed by atoms with Crippen LogP contribution in [-0.2, 0) is 12.3 Å². The molecule has 0 aromatic heterocycles. The van der Waals surface area contributed by atoms with Crippen molar-refractivity contribution in [2.24, 2.45) is 5.92 Å². The van der Waals surface area contributed by atoms with Gasteiger partial charge in [-0.05, 0) is 79.0 Å². The van der Waals surface area contributed by atoms with Crippen molar-refractivity contribution < 1.29 is 35.5 Å². The van der Waals surface area contributed by atoms with Crippen molar-refractivity contribution in [2.75, 3.05) is 0 Å². The van der Waals surface area contributed by atoms with Crippen molar-refractivity contribution in [1.29, 1.82) is 0 Å². The number of para-hydroxylation sites is 1. The minimum Gasteiger partial charge on any atom is -0.428 e. The second kappa shape index (κ2) is 10.8. The van der Waals surface area contributed by atoms with E-state index in [0.717, 1.165) is 43.6 Å². The summed E-state index contributed by atoms with van der Waals surface area (Å²) in [5.41, 5.74) is -1.99. The number of rotatable bonds is 7. The van der Waals surface area contributed by atoms with E-state index in [2.05, 4.69) is 6.92 Å². The van der Waals surface area contributed by atoms with Gasteiger partial charge < -0.3 is 4.74 Å². The van der Waals surface area contributed by atoms with Crippen LogP contribution in [0.1, 0.15) is 68.1 Å². The maximum Gasteiger partial charge on any atom is 0.426 e. The standard InChI is InChI=1S/C29H27F7O/c1-2-5-18-8-10-19(11-9-18)20-12-14-22(15-13-20)29(35,36)37-26-7-4-3-6-23(26)21-16-24(30)27(25(31)17-21)28(32,33)34/h3-4,6-7,12-19H,2,5,8-11H2,1H3. The fourth-order valence-corrected chi connectivity index (χ4v) is 5.13. The monoisotopic (exact) mass is 524 g/mol. The van der Waals surface area contributed by atoms with Crippen molar-refractivity contribution in [3.8, 4) is 16.9 Å². The first-order valence-electron chi connectivity index (χ1n) is 12.3. The molecule has 37 heavy (non-hydrogen) atoms. The van der Waals surface area contributed by atoms with E-state index in [4.69, 9.17) is 4.74 Å². The Morgan fingerprint density at radius 3 is 1.97 bits per heavy atom. The van der Waals surface area contributed by atoms with Gasteiger partial charge in [0.1, 0.15) is 22.9 Å². The van der Waals surface area contributed by atoms with Crippen LogP contribution in [0.15, 0.2) is 60.7 Å². The van der Waals surface area contributed by atoms with Crippen molar-refractivity contribution in [3.05, 3.63) is 89.0 Å². The van der Waals surface area contributed by atoms with Gasteiger partial charge in [-0.15, -0.1) is 0 Å². The summed E-state index contributed by atoms with van der Waals surface area (Å²) in [6.45, 7) is 2.17. The third kappa shape index (κ3) is 6.11. The normalized spacial score (nSPS) is 18.6. The highest BCUT2D eigenvalue weighted by atomic mass is 19.4. The van der Waals surface area contributed by atoms with Gasteiger partial charge in [0.05, 0.1) is 5.56 Å². The van der Waals surface area contributed by atoms with E-state index < -0.39 is 40.8 Å². The van der Waals surface area contributed by atoms with Gasteiger partial charge in [0.2, 0.25) is 0 Å². The first-order chi connectivity index (χ1) is 17.5. The lowest BCUT2D eigenvalue weighted by Crippen LogP contribution is -2.22. The maximum atomic E-state index is 15.1. The molecule has 1 aliphatic carbocycles. The lowest BCUT2D eigenvalue weighted by Gasteiger charge is -2.29. The van der Waals surface area contributed by atoms with Crippen LogP contribution in [0, 0.1) is 17.6 Å². The zero-order valence-electron chi connectivity index (χ0n) is 20.2. The molecule has 0 heterocycles. The molecule has 1 saturated carbocycles. The smallest absolute Gasteiger partial charge is 0.426 e. The molecule has 1 fully saturated rings. The Balaban J connectivity index is 1.54. The number of halogens is 7. The summed E-state index contributed by atoms with van der Waals surface area (Å²) in [4.78, 5) is 0. The molecule has 3 aromatic rings. The third-order valence-electron chi connectivity index (χ3n) is 7.02. The predicted octanol–water partition coefficient (Wildman–Crippen LogP) is 9.85. The van der Waals surface area contributed by atoms with E-state index in [9.17, 15) is 22.0 Å². The number of ether oxygens (including phenoxy) is 1. The maximum absolute atomic E-state index is 15.1. The van der Waals surface area contributed by atoms with Crippen molar-refractivity contribution >= 4 is 0 Å². The Morgan fingerprint density at radius 2 is 1.41 bits per heavy atom. The van der Waals surface area contributed by atoms with Gasteiger partial charge in [-0.3, -0.25) is 0 Å². The van der Waals surface area contributed by atoms with E-state index in [-0.39, 0.29) is 11.1 Å². The van der Waals surface area contributed by atoms with E-state index >= 15 is 8.78 Å². The molecule has 0 spiro atoms. The van der Waals surface area contributed by atoms with Gasteiger partial charge in [0.15, 0.2) is 0 Å². The van der Waals surface area contributed by atoms with Crippen LogP contribution < -0.4 is 4.74 Å². The Labute approximate surface area is 211 Å². The topological polar surface area (TPSA) is 9.23 Å². The zero-order chi connectivity index (χ0) is 26.8. The van der Waals surface area contributed by atoms with E-state index in [1.807, 2.05) is 0 Å². The van der Waals surface area contributed by atoms with Crippen molar-refractivity contribution in [1.82, 2.24) is 0 Å². The van der Waals surface area contributed by atoms with E-state index in [1.165, 1.54) is 42.8 Å². The second-order valence-corrected chi connectivity index (χ2v) is 9.56. The van der Waals surface area contributed by atoms with Crippen molar-refractivity contribution in [2.45, 2.75) is 63.7 Å². The molecule has 8 heteroatoms. The fourth-order valence-electron chi connectivity index (χ4n) is 5.13. The minimum absolute atomic E-state index is 0.172. The lowest BCUT2D eigenvalue weighted by atomic mass is 9.77. The Morgan fingerprint density at radius 1 is 0.811 bits per heavy atom. The largest absolute Gasteiger partial charge is 0.428 e. The SMILES string of the molecule is CCCC1CCC(c2ccc(C(F)(F)Oc3ccccc3-c3cc(F)c(C(F)(F)F)c(F)c3)cc2)CC1. The Hall–Kier alpha value is -3.03. The number of alkyl halides is 5. The highest BCUT2D eigenvalue weighted by molar-refractivity contribution is 5.71. The summed E-state index contributed by atoms with van der Waals surface area (Å²) < 4.78 is 102. The summed E-state index contributed by atoms with van der Waals surface area (Å²) in [6.07, 6.45) is -2.38. The lowest BCUT2D eigenvalue weighted by molar-refractivity contribution is -0.185. The van der Waals surface area contributed by atoms with Crippen LogP contribution in [-0.4, -0.2) is 0 Å². The average molecular weight is 525 g/mol. The summed E-state index contributed by atoms with van der Waals surface area (Å²) in [5.74, 6) is -3.07. The Bertz CT molecular complexity index is 1190. The molecule has 0 radical (unpaired) electrons. The molecule has 0 aliphatic heterocycles. The minimum atomic E-state index is -5.24. The van der Waals surface area contributed by atoms with Gasteiger partial charge in [0, 0.05) is 5.56 Å². The highest BCUT2D eigenvalue weighted by Crippen LogP contribution is 2.42. The van der Waals surface area contributed by atoms with Crippen molar-refractivity contribution in [3.63, 3.8) is 0 Å². The Kier molecular flexibility index (Phi) is 7.85. The molecule has 0 bridgehead atoms. The first-order valence-corrected chi connectivity index (χ1v) is 12.3. The van der Waals surface area contributed by atoms with Crippen LogP contribution in [0.5, 0.6) is 5.75 Å². The van der Waals surface area contributed by atoms with Gasteiger partial charge in [-0.25, -0.2) is 8.78 Å². The van der Waals surface area contributed by atoms with Crippen LogP contribution in [0.25, 0.3) is 11.1 Å². The van der Waals surface area contributed by atoms with Gasteiger partial charge in [-0.2, -0.15) is 22.0 Å². The van der Waals surface area contributed by atoms with Crippen LogP contribution in [0.2, 0.25) is 0 Å². The third-order valence-corrected chi connectivity index (χ3v) is 7.02.